The van der Waals surface area contributed by atoms with E-state index >= 15 is 0 Å². The van der Waals surface area contributed by atoms with Crippen LogP contribution < -0.4 is 0 Å². The maximum atomic E-state index is 3.31. The largest absolute Gasteiger partial charge is 0.148 e. The van der Waals surface area contributed by atoms with E-state index < -0.39 is 0 Å². The number of thiophene rings is 1. The summed E-state index contributed by atoms with van der Waals surface area (Å²) in [7, 11) is 0. The molecule has 1 heteroatoms. The fourth-order valence-electron chi connectivity index (χ4n) is 27.6. The van der Waals surface area contributed by atoms with Crippen molar-refractivity contribution in [2.75, 3.05) is 0 Å². The van der Waals surface area contributed by atoms with Crippen molar-refractivity contribution in [2.24, 2.45) is 171 Å². The Morgan fingerprint density at radius 1 is 0.580 bits per heavy atom. The smallest absolute Gasteiger partial charge is 0.0218 e. The minimum atomic E-state index is 0.509. The first kappa shape index (κ1) is 26.3. The Bertz CT molecular complexity index is 1890. The Hall–Kier alpha value is -0.560. The second kappa shape index (κ2) is 7.39. The fraction of sp³-hybridized carbons (Fsp3) is 0.878. The van der Waals surface area contributed by atoms with Crippen molar-refractivity contribution in [1.82, 2.24) is 0 Å². The van der Waals surface area contributed by atoms with Gasteiger partial charge in [0.1, 0.15) is 0 Å². The molecule has 17 aliphatic carbocycles. The lowest BCUT2D eigenvalue weighted by atomic mass is 9.41. The first-order valence-corrected chi connectivity index (χ1v) is 24.4. The number of unbranched alkanes of at least 4 members (excludes halogenated alkanes) is 2. The molecule has 0 amide bonds. The Morgan fingerprint density at radius 3 is 1.76 bits per heavy atom. The van der Waals surface area contributed by atoms with Crippen molar-refractivity contribution >= 4 is 11.3 Å². The molecular weight excluding hydrogens is 621 g/mol. The van der Waals surface area contributed by atoms with Gasteiger partial charge in [0, 0.05) is 21.1 Å². The summed E-state index contributed by atoms with van der Waals surface area (Å²) in [6.07, 6.45) is 22.8. The van der Waals surface area contributed by atoms with Gasteiger partial charge in [0.05, 0.1) is 0 Å². The summed E-state index contributed by atoms with van der Waals surface area (Å²) in [5.74, 6) is 31.7. The number of hydrogen-bond donors (Lipinski definition) is 0. The summed E-state index contributed by atoms with van der Waals surface area (Å²) in [5.41, 5.74) is 3.87. The van der Waals surface area contributed by atoms with Gasteiger partial charge in [0.2, 0.25) is 0 Å². The molecule has 0 N–H and O–H groups in total. The van der Waals surface area contributed by atoms with Crippen molar-refractivity contribution in [3.8, 4) is 0 Å². The molecule has 16 saturated carbocycles. The van der Waals surface area contributed by atoms with Crippen LogP contribution >= 0.6 is 11.3 Å². The summed E-state index contributed by atoms with van der Waals surface area (Å²) in [4.78, 5) is 1.93. The average Bonchev–Trinajstić information content (AvgIpc) is 3.91. The maximum absolute atomic E-state index is 3.31. The molecular formula is C49H58S. The van der Waals surface area contributed by atoms with Crippen molar-refractivity contribution in [3.63, 3.8) is 0 Å². The summed E-state index contributed by atoms with van der Waals surface area (Å²) < 4.78 is 0. The molecule has 18 rings (SSSR count). The van der Waals surface area contributed by atoms with E-state index in [9.17, 15) is 0 Å². The lowest BCUT2D eigenvalue weighted by Gasteiger charge is -2.62. The van der Waals surface area contributed by atoms with Crippen molar-refractivity contribution in [2.45, 2.75) is 89.4 Å². The van der Waals surface area contributed by atoms with Crippen LogP contribution in [-0.4, -0.2) is 0 Å². The van der Waals surface area contributed by atoms with Gasteiger partial charge in [-0.3, -0.25) is 0 Å². The molecule has 0 bridgehead atoms. The van der Waals surface area contributed by atoms with Crippen LogP contribution in [0.4, 0.5) is 0 Å². The van der Waals surface area contributed by atoms with Crippen molar-refractivity contribution in [3.05, 3.63) is 34.0 Å². The molecule has 17 aliphatic rings. The van der Waals surface area contributed by atoms with Gasteiger partial charge in [0.15, 0.2) is 0 Å². The summed E-state index contributed by atoms with van der Waals surface area (Å²) in [6, 6.07) is 5.27. The van der Waals surface area contributed by atoms with Crippen LogP contribution in [0.25, 0.3) is 0 Å². The summed E-state index contributed by atoms with van der Waals surface area (Å²) in [5, 5.41) is 2.54. The van der Waals surface area contributed by atoms with E-state index in [-0.39, 0.29) is 0 Å². The Morgan fingerprint density at radius 2 is 1.12 bits per heavy atom. The van der Waals surface area contributed by atoms with Crippen LogP contribution in [0.3, 0.4) is 0 Å². The minimum absolute atomic E-state index is 0.509. The van der Waals surface area contributed by atoms with Crippen LogP contribution in [0.15, 0.2) is 29.2 Å². The summed E-state index contributed by atoms with van der Waals surface area (Å²) in [6.45, 7) is 2.49. The molecule has 0 saturated heterocycles. The van der Waals surface area contributed by atoms with E-state index in [4.69, 9.17) is 0 Å². The molecule has 16 fully saturated rings. The lowest BCUT2D eigenvalue weighted by Crippen LogP contribution is -2.59. The number of allylic oxidation sites excluding steroid dienone is 2. The minimum Gasteiger partial charge on any atom is -0.148 e. The highest BCUT2D eigenvalue weighted by atomic mass is 32.1. The summed E-state index contributed by atoms with van der Waals surface area (Å²) >= 11 is 2.26. The van der Waals surface area contributed by atoms with Crippen molar-refractivity contribution < 1.29 is 0 Å². The molecule has 1 aromatic heterocycles. The molecule has 0 nitrogen and oxygen atoms in total. The number of rotatable bonds is 5. The molecule has 260 valence electrons. The monoisotopic (exact) mass is 678 g/mol. The molecule has 30 atom stereocenters. The van der Waals surface area contributed by atoms with Crippen LogP contribution in [0.1, 0.15) is 88.9 Å². The predicted molar refractivity (Wildman–Crippen MR) is 194 cm³/mol. The normalized spacial score (nSPS) is 76.7. The van der Waals surface area contributed by atoms with Gasteiger partial charge in [0.25, 0.3) is 0 Å². The van der Waals surface area contributed by atoms with Crippen LogP contribution in [0, 0.1) is 171 Å². The zero-order valence-electron chi connectivity index (χ0n) is 30.3. The standard InChI is InChI=1S/C49H58S/c1-2-3-4-7-48(26-6-5-8-50-26)47-16-24-14-22-12-20-11-21-10-18-9-19-13-23-15-25(17-47)45-43-32(23)36-28(19)27(18)34-31(21)35-29(20)30(22)37-33(24)46(49(45,47)48)44-41(37)39(35)38(34)40(36)42(43)44/h5-6,8,17-24,27-46H,2-4,7,9-16H2,1H3. The molecule has 1 heterocycles. The van der Waals surface area contributed by atoms with Gasteiger partial charge in [-0.05, 0) is 229 Å². The van der Waals surface area contributed by atoms with E-state index in [1.807, 2.05) is 4.88 Å². The highest BCUT2D eigenvalue weighted by Gasteiger charge is 3.00. The maximum Gasteiger partial charge on any atom is 0.0218 e. The third-order valence-electron chi connectivity index (χ3n) is 25.6. The Kier molecular flexibility index (Phi) is 3.89. The second-order valence-corrected chi connectivity index (χ2v) is 25.4. The third kappa shape index (κ3) is 2.01. The molecule has 0 aromatic carbocycles. The van der Waals surface area contributed by atoms with E-state index in [1.165, 1.54) is 126 Å². The van der Waals surface area contributed by atoms with Gasteiger partial charge in [-0.1, -0.05) is 43.9 Å². The lowest BCUT2D eigenvalue weighted by molar-refractivity contribution is -0.154. The second-order valence-electron chi connectivity index (χ2n) is 24.4. The van der Waals surface area contributed by atoms with Gasteiger partial charge in [-0.2, -0.15) is 0 Å². The Balaban J connectivity index is 0.985. The highest BCUT2D eigenvalue weighted by molar-refractivity contribution is 7.10. The van der Waals surface area contributed by atoms with E-state index in [2.05, 4.69) is 47.4 Å². The fourth-order valence-corrected chi connectivity index (χ4v) is 28.7. The predicted octanol–water partition coefficient (Wildman–Crippen LogP) is 10.5. The molecule has 0 aliphatic heterocycles. The molecule has 1 spiro atoms. The number of hydrogen-bond acceptors (Lipinski definition) is 1. The van der Waals surface area contributed by atoms with Gasteiger partial charge in [-0.25, -0.2) is 0 Å². The zero-order valence-corrected chi connectivity index (χ0v) is 31.1. The van der Waals surface area contributed by atoms with Crippen LogP contribution in [0.5, 0.6) is 0 Å². The molecule has 0 radical (unpaired) electrons. The zero-order chi connectivity index (χ0) is 31.3. The van der Waals surface area contributed by atoms with Crippen molar-refractivity contribution in [1.29, 1.82) is 0 Å². The molecule has 30 unspecified atom stereocenters. The molecule has 50 heavy (non-hydrogen) atoms. The third-order valence-corrected chi connectivity index (χ3v) is 26.6. The van der Waals surface area contributed by atoms with Gasteiger partial charge in [-0.15, -0.1) is 11.3 Å². The van der Waals surface area contributed by atoms with Crippen LogP contribution in [-0.2, 0) is 5.41 Å². The van der Waals surface area contributed by atoms with E-state index in [0.717, 1.165) is 53.3 Å². The SMILES string of the molecule is CCCCCC1(c2cccs2)C23C=C4CC5CC6CC7CC8CC9CC%10CC(C2)C2C%11C%10C9C9C8C8C7C6C6C5C5C7C6C8C9C%11C7C2C31C45. The first-order valence-electron chi connectivity index (χ1n) is 23.5. The topological polar surface area (TPSA) is 0 Å². The molecule has 1 aromatic rings. The van der Waals surface area contributed by atoms with E-state index in [1.54, 1.807) is 57.8 Å². The Labute approximate surface area is 304 Å². The first-order chi connectivity index (χ1) is 24.7. The van der Waals surface area contributed by atoms with Gasteiger partial charge < -0.3 is 0 Å². The van der Waals surface area contributed by atoms with E-state index in [0.29, 0.717) is 16.2 Å². The average molecular weight is 679 g/mol. The highest BCUT2D eigenvalue weighted by Crippen LogP contribution is 3.03. The quantitative estimate of drug-likeness (QED) is 0.215. The van der Waals surface area contributed by atoms with Gasteiger partial charge >= 0.3 is 0 Å². The van der Waals surface area contributed by atoms with Crippen LogP contribution in [0.2, 0.25) is 0 Å².